The van der Waals surface area contributed by atoms with E-state index in [-0.39, 0.29) is 11.3 Å². The Morgan fingerprint density at radius 2 is 2.04 bits per heavy atom. The molecule has 4 heteroatoms. The van der Waals surface area contributed by atoms with E-state index in [4.69, 9.17) is 0 Å². The van der Waals surface area contributed by atoms with Gasteiger partial charge in [-0.15, -0.1) is 0 Å². The minimum atomic E-state index is -0.156. The monoisotopic (exact) mass is 442 g/mol. The number of nitriles is 1. The molecule has 4 atom stereocenters. The van der Waals surface area contributed by atoms with Crippen molar-refractivity contribution in [3.63, 3.8) is 0 Å². The van der Waals surface area contributed by atoms with E-state index in [2.05, 4.69) is 35.6 Å². The number of carbonyl (C=O) groups excluding carboxylic acids is 1. The fourth-order valence-electron chi connectivity index (χ4n) is 4.46. The molecule has 0 spiro atoms. The van der Waals surface area contributed by atoms with Crippen LogP contribution in [0.5, 0.6) is 0 Å². The molecule has 24 heavy (non-hydrogen) atoms. The van der Waals surface area contributed by atoms with Gasteiger partial charge in [0.15, 0.2) is 0 Å². The third-order valence-electron chi connectivity index (χ3n) is 5.47. The van der Waals surface area contributed by atoms with Gasteiger partial charge in [0.2, 0.25) is 0 Å². The predicted molar refractivity (Wildman–Crippen MR) is 107 cm³/mol. The molecule has 0 bridgehead atoms. The highest BCUT2D eigenvalue weighted by Gasteiger charge is 2.41. The van der Waals surface area contributed by atoms with Crippen LogP contribution in [0.25, 0.3) is 0 Å². The van der Waals surface area contributed by atoms with E-state index in [1.807, 2.05) is 31.7 Å². The third-order valence-corrected chi connectivity index (χ3v) is 6.60. The molecule has 0 radical (unpaired) electrons. The van der Waals surface area contributed by atoms with E-state index in [1.165, 1.54) is 25.7 Å². The van der Waals surface area contributed by atoms with Crippen LogP contribution in [0.3, 0.4) is 0 Å². The van der Waals surface area contributed by atoms with Crippen molar-refractivity contribution in [3.05, 3.63) is 11.6 Å². The Bertz CT molecular complexity index is 529. The molecule has 1 saturated heterocycles. The first-order chi connectivity index (χ1) is 11.3. The van der Waals surface area contributed by atoms with E-state index in [1.54, 1.807) is 0 Å². The summed E-state index contributed by atoms with van der Waals surface area (Å²) in [5.74, 6) is 1.31. The number of amides is 1. The molecule has 1 saturated carbocycles. The average molecular weight is 442 g/mol. The van der Waals surface area contributed by atoms with E-state index in [0.29, 0.717) is 17.5 Å². The van der Waals surface area contributed by atoms with Gasteiger partial charge >= 0.3 is 0 Å². The highest BCUT2D eigenvalue weighted by Crippen LogP contribution is 2.42. The fraction of sp³-hybridized carbons (Fsp3) is 0.800. The molecule has 0 N–H and O–H groups in total. The van der Waals surface area contributed by atoms with Crippen molar-refractivity contribution in [2.45, 2.75) is 76.2 Å². The molecule has 2 aliphatic rings. The molecule has 3 nitrogen and oxygen atoms in total. The summed E-state index contributed by atoms with van der Waals surface area (Å²) >= 11 is 2.59. The number of alkyl halides is 1. The summed E-state index contributed by atoms with van der Waals surface area (Å²) in [6.45, 7) is 9.11. The van der Waals surface area contributed by atoms with Crippen molar-refractivity contribution < 1.29 is 4.79 Å². The Labute approximate surface area is 161 Å². The zero-order chi connectivity index (χ0) is 17.9. The molecule has 0 aromatic heterocycles. The number of halogens is 1. The lowest BCUT2D eigenvalue weighted by Crippen LogP contribution is -2.52. The highest BCUT2D eigenvalue weighted by molar-refractivity contribution is 14.1. The second kappa shape index (κ2) is 8.21. The predicted octanol–water partition coefficient (Wildman–Crippen LogP) is 5.10. The van der Waals surface area contributed by atoms with Crippen LogP contribution in [0.2, 0.25) is 0 Å². The smallest absolute Gasteiger partial charge is 0.264 e. The quantitative estimate of drug-likeness (QED) is 0.258. The number of fused-ring (bicyclic) bond motifs is 1. The largest absolute Gasteiger partial charge is 0.335 e. The van der Waals surface area contributed by atoms with Crippen LogP contribution >= 0.6 is 22.6 Å². The van der Waals surface area contributed by atoms with Gasteiger partial charge in [-0.1, -0.05) is 69.2 Å². The molecule has 1 amide bonds. The lowest BCUT2D eigenvalue weighted by molar-refractivity contribution is -0.133. The van der Waals surface area contributed by atoms with Crippen LogP contribution in [0.4, 0.5) is 0 Å². The van der Waals surface area contributed by atoms with Crippen LogP contribution in [-0.4, -0.2) is 27.3 Å². The van der Waals surface area contributed by atoms with E-state index in [0.717, 1.165) is 29.2 Å². The number of likely N-dealkylation sites (tertiary alicyclic amines) is 1. The molecule has 4 unspecified atom stereocenters. The maximum atomic E-state index is 13.1. The number of hydrogen-bond acceptors (Lipinski definition) is 2. The standard InChI is InChI=1S/C20H31IN2O/c1-5-18-17-11-16(21)8-6-7-14(17)9-10-23(18)19(24)15(13-22)12-20(2,3)4/h12,14,16-18H,5-11H2,1-4H3/b15-12+. The first-order valence-electron chi connectivity index (χ1n) is 9.34. The van der Waals surface area contributed by atoms with Gasteiger partial charge in [0.25, 0.3) is 5.91 Å². The fourth-order valence-corrected chi connectivity index (χ4v) is 5.49. The molecule has 2 rings (SSSR count). The molecular formula is C20H31IN2O. The zero-order valence-electron chi connectivity index (χ0n) is 15.5. The molecule has 1 aliphatic carbocycles. The van der Waals surface area contributed by atoms with Crippen molar-refractivity contribution >= 4 is 28.5 Å². The molecule has 0 aromatic rings. The number of nitrogens with zero attached hydrogens (tertiary/aromatic N) is 2. The van der Waals surface area contributed by atoms with Crippen LogP contribution < -0.4 is 0 Å². The number of piperidine rings is 1. The first kappa shape index (κ1) is 19.8. The minimum absolute atomic E-state index is 0.0491. The van der Waals surface area contributed by atoms with Crippen LogP contribution in [0.1, 0.15) is 66.2 Å². The number of allylic oxidation sites excluding steroid dienone is 1. The Morgan fingerprint density at radius 1 is 1.33 bits per heavy atom. The number of carbonyl (C=O) groups is 1. The van der Waals surface area contributed by atoms with Crippen LogP contribution in [-0.2, 0) is 4.79 Å². The van der Waals surface area contributed by atoms with Gasteiger partial charge < -0.3 is 4.90 Å². The van der Waals surface area contributed by atoms with Gasteiger partial charge in [0, 0.05) is 16.5 Å². The molecule has 0 aromatic carbocycles. The van der Waals surface area contributed by atoms with E-state index in [9.17, 15) is 10.1 Å². The van der Waals surface area contributed by atoms with Gasteiger partial charge in [-0.25, -0.2) is 0 Å². The second-order valence-corrected chi connectivity index (χ2v) is 10.2. The summed E-state index contributed by atoms with van der Waals surface area (Å²) < 4.78 is 0.724. The summed E-state index contributed by atoms with van der Waals surface area (Å²) in [4.78, 5) is 15.1. The van der Waals surface area contributed by atoms with Crippen LogP contribution in [0, 0.1) is 28.6 Å². The van der Waals surface area contributed by atoms with E-state index < -0.39 is 0 Å². The normalized spacial score (nSPS) is 31.8. The SMILES string of the molecule is CCC1C2CC(I)CCCC2CCN1C(=O)/C(C#N)=C/C(C)(C)C. The van der Waals surface area contributed by atoms with E-state index >= 15 is 0 Å². The topological polar surface area (TPSA) is 44.1 Å². The molecule has 1 aliphatic heterocycles. The lowest BCUT2D eigenvalue weighted by atomic mass is 9.75. The Morgan fingerprint density at radius 3 is 2.62 bits per heavy atom. The summed E-state index contributed by atoms with van der Waals surface area (Å²) in [5, 5.41) is 9.50. The highest BCUT2D eigenvalue weighted by atomic mass is 127. The molecule has 134 valence electrons. The van der Waals surface area contributed by atoms with Gasteiger partial charge in [-0.2, -0.15) is 5.26 Å². The summed E-state index contributed by atoms with van der Waals surface area (Å²) in [5.41, 5.74) is 0.162. The summed E-state index contributed by atoms with van der Waals surface area (Å²) in [6, 6.07) is 2.46. The van der Waals surface area contributed by atoms with Gasteiger partial charge in [-0.3, -0.25) is 4.79 Å². The number of hydrogen-bond donors (Lipinski definition) is 0. The van der Waals surface area contributed by atoms with Crippen molar-refractivity contribution in [2.24, 2.45) is 17.3 Å². The van der Waals surface area contributed by atoms with Gasteiger partial charge in [-0.05, 0) is 42.9 Å². The Hall–Kier alpha value is -0.570. The maximum Gasteiger partial charge on any atom is 0.264 e. The lowest BCUT2D eigenvalue weighted by Gasteiger charge is -2.45. The van der Waals surface area contributed by atoms with Gasteiger partial charge in [0.05, 0.1) is 0 Å². The summed E-state index contributed by atoms with van der Waals surface area (Å²) in [7, 11) is 0. The second-order valence-electron chi connectivity index (χ2n) is 8.49. The van der Waals surface area contributed by atoms with Crippen molar-refractivity contribution in [2.75, 3.05) is 6.54 Å². The van der Waals surface area contributed by atoms with Gasteiger partial charge in [0.1, 0.15) is 11.6 Å². The Kier molecular flexibility index (Phi) is 6.75. The molecular weight excluding hydrogens is 411 g/mol. The third kappa shape index (κ3) is 4.74. The van der Waals surface area contributed by atoms with Crippen molar-refractivity contribution in [1.82, 2.24) is 4.90 Å². The zero-order valence-corrected chi connectivity index (χ0v) is 17.7. The molecule has 1 heterocycles. The van der Waals surface area contributed by atoms with Crippen molar-refractivity contribution in [3.8, 4) is 6.07 Å². The Balaban J connectivity index is 2.25. The average Bonchev–Trinajstić information content (AvgIpc) is 2.70. The number of rotatable bonds is 2. The maximum absolute atomic E-state index is 13.1. The van der Waals surface area contributed by atoms with Crippen LogP contribution in [0.15, 0.2) is 11.6 Å². The minimum Gasteiger partial charge on any atom is -0.335 e. The molecule has 2 fully saturated rings. The van der Waals surface area contributed by atoms with Crippen molar-refractivity contribution in [1.29, 1.82) is 5.26 Å². The summed E-state index contributed by atoms with van der Waals surface area (Å²) in [6.07, 6.45) is 9.10. The first-order valence-corrected chi connectivity index (χ1v) is 10.6.